The van der Waals surface area contributed by atoms with Crippen LogP contribution in [0.4, 0.5) is 0 Å². The van der Waals surface area contributed by atoms with Gasteiger partial charge in [-0.05, 0) is 24.6 Å². The molecule has 112 valence electrons. The van der Waals surface area contributed by atoms with E-state index in [4.69, 9.17) is 20.9 Å². The highest BCUT2D eigenvalue weighted by molar-refractivity contribution is 6.29. The van der Waals surface area contributed by atoms with E-state index in [9.17, 15) is 4.79 Å². The standard InChI is InChI=1S/C17H14ClNO3/c1-11(18)17(20)21-13-7-8-14-15(19-22-16(14)10-13)9-12-5-3-2-4-6-12/h2-8,10-11H,9H2,1H3. The Hall–Kier alpha value is -2.33. The van der Waals surface area contributed by atoms with Crippen molar-refractivity contribution < 1.29 is 14.1 Å². The summed E-state index contributed by atoms with van der Waals surface area (Å²) in [4.78, 5) is 11.5. The fourth-order valence-electron chi connectivity index (χ4n) is 2.15. The monoisotopic (exact) mass is 315 g/mol. The van der Waals surface area contributed by atoms with Gasteiger partial charge in [0.1, 0.15) is 11.1 Å². The van der Waals surface area contributed by atoms with Crippen molar-refractivity contribution >= 4 is 28.5 Å². The molecule has 22 heavy (non-hydrogen) atoms. The summed E-state index contributed by atoms with van der Waals surface area (Å²) in [5, 5.41) is 4.31. The summed E-state index contributed by atoms with van der Waals surface area (Å²) in [6.07, 6.45) is 0.686. The number of esters is 1. The Bertz CT molecular complexity index is 796. The molecule has 0 saturated heterocycles. The molecular weight excluding hydrogens is 302 g/mol. The van der Waals surface area contributed by atoms with Gasteiger partial charge in [-0.15, -0.1) is 11.6 Å². The molecular formula is C17H14ClNO3. The first kappa shape index (κ1) is 14.6. The number of halogens is 1. The first-order valence-corrected chi connectivity index (χ1v) is 7.35. The number of carbonyl (C=O) groups excluding carboxylic acids is 1. The van der Waals surface area contributed by atoms with Gasteiger partial charge in [0.05, 0.1) is 5.69 Å². The maximum atomic E-state index is 11.5. The van der Waals surface area contributed by atoms with Gasteiger partial charge in [-0.25, -0.2) is 0 Å². The van der Waals surface area contributed by atoms with E-state index in [0.717, 1.165) is 16.6 Å². The van der Waals surface area contributed by atoms with Crippen LogP contribution in [0.3, 0.4) is 0 Å². The van der Waals surface area contributed by atoms with Gasteiger partial charge in [0.2, 0.25) is 0 Å². The predicted octanol–water partition coefficient (Wildman–Crippen LogP) is 3.95. The van der Waals surface area contributed by atoms with Crippen LogP contribution in [0, 0.1) is 0 Å². The third kappa shape index (κ3) is 3.12. The minimum absolute atomic E-state index is 0.396. The van der Waals surface area contributed by atoms with E-state index in [1.807, 2.05) is 36.4 Å². The van der Waals surface area contributed by atoms with Gasteiger partial charge in [0.25, 0.3) is 0 Å². The minimum atomic E-state index is -0.695. The summed E-state index contributed by atoms with van der Waals surface area (Å²) in [5.74, 6) is -0.0996. The summed E-state index contributed by atoms with van der Waals surface area (Å²) in [7, 11) is 0. The van der Waals surface area contributed by atoms with Gasteiger partial charge in [-0.3, -0.25) is 4.79 Å². The molecule has 3 rings (SSSR count). The van der Waals surface area contributed by atoms with Gasteiger partial charge in [0.15, 0.2) is 5.58 Å². The molecule has 1 atom stereocenters. The highest BCUT2D eigenvalue weighted by Gasteiger charge is 2.14. The summed E-state index contributed by atoms with van der Waals surface area (Å²) < 4.78 is 10.5. The molecule has 2 aromatic carbocycles. The molecule has 4 nitrogen and oxygen atoms in total. The Morgan fingerprint density at radius 3 is 2.77 bits per heavy atom. The van der Waals surface area contributed by atoms with Crippen molar-refractivity contribution in [3.8, 4) is 5.75 Å². The quantitative estimate of drug-likeness (QED) is 0.415. The summed E-state index contributed by atoms with van der Waals surface area (Å²) in [6.45, 7) is 1.56. The van der Waals surface area contributed by atoms with E-state index in [2.05, 4.69) is 5.16 Å². The van der Waals surface area contributed by atoms with Crippen molar-refractivity contribution in [3.05, 3.63) is 59.8 Å². The van der Waals surface area contributed by atoms with E-state index in [-0.39, 0.29) is 0 Å². The fraction of sp³-hybridized carbons (Fsp3) is 0.176. The van der Waals surface area contributed by atoms with Crippen LogP contribution >= 0.6 is 11.6 Å². The fourth-order valence-corrected chi connectivity index (χ4v) is 2.19. The first-order valence-electron chi connectivity index (χ1n) is 6.91. The Balaban J connectivity index is 1.85. The van der Waals surface area contributed by atoms with Crippen molar-refractivity contribution in [2.24, 2.45) is 0 Å². The lowest BCUT2D eigenvalue weighted by molar-refractivity contribution is -0.133. The molecule has 0 aliphatic rings. The first-order chi connectivity index (χ1) is 10.6. The van der Waals surface area contributed by atoms with E-state index in [0.29, 0.717) is 17.8 Å². The third-order valence-corrected chi connectivity index (χ3v) is 3.45. The number of benzene rings is 2. The number of rotatable bonds is 4. The maximum absolute atomic E-state index is 11.5. The number of alkyl halides is 1. The molecule has 1 unspecified atom stereocenters. The van der Waals surface area contributed by atoms with Crippen LogP contribution < -0.4 is 4.74 Å². The molecule has 0 aliphatic heterocycles. The predicted molar refractivity (Wildman–Crippen MR) is 84.2 cm³/mol. The van der Waals surface area contributed by atoms with Crippen molar-refractivity contribution in [3.63, 3.8) is 0 Å². The number of hydrogen-bond donors (Lipinski definition) is 0. The normalized spacial score (nSPS) is 12.3. The number of carbonyl (C=O) groups is 1. The van der Waals surface area contributed by atoms with Gasteiger partial charge in [-0.1, -0.05) is 35.5 Å². The molecule has 5 heteroatoms. The molecule has 0 amide bonds. The molecule has 3 aromatic rings. The highest BCUT2D eigenvalue weighted by atomic mass is 35.5. The average molecular weight is 316 g/mol. The van der Waals surface area contributed by atoms with Gasteiger partial charge in [0, 0.05) is 17.9 Å². The Morgan fingerprint density at radius 1 is 1.27 bits per heavy atom. The van der Waals surface area contributed by atoms with Crippen LogP contribution in [0.25, 0.3) is 11.0 Å². The molecule has 0 bridgehead atoms. The topological polar surface area (TPSA) is 52.3 Å². The minimum Gasteiger partial charge on any atom is -0.425 e. The summed E-state index contributed by atoms with van der Waals surface area (Å²) in [6, 6.07) is 15.2. The zero-order valence-corrected chi connectivity index (χ0v) is 12.7. The second-order valence-corrected chi connectivity index (χ2v) is 5.64. The van der Waals surface area contributed by atoms with Crippen molar-refractivity contribution in [1.29, 1.82) is 0 Å². The number of fused-ring (bicyclic) bond motifs is 1. The van der Waals surface area contributed by atoms with E-state index < -0.39 is 11.3 Å². The van der Waals surface area contributed by atoms with Crippen molar-refractivity contribution in [2.75, 3.05) is 0 Å². The Kier molecular flexibility index (Phi) is 4.11. The number of aromatic nitrogens is 1. The Morgan fingerprint density at radius 2 is 2.05 bits per heavy atom. The second kappa shape index (κ2) is 6.20. The Labute approximate surface area is 132 Å². The molecule has 0 N–H and O–H groups in total. The van der Waals surface area contributed by atoms with Gasteiger partial charge >= 0.3 is 5.97 Å². The van der Waals surface area contributed by atoms with Crippen LogP contribution in [0.5, 0.6) is 5.75 Å². The highest BCUT2D eigenvalue weighted by Crippen LogP contribution is 2.25. The molecule has 0 spiro atoms. The van der Waals surface area contributed by atoms with Crippen molar-refractivity contribution in [2.45, 2.75) is 18.7 Å². The molecule has 0 fully saturated rings. The van der Waals surface area contributed by atoms with E-state index >= 15 is 0 Å². The molecule has 0 aliphatic carbocycles. The molecule has 1 aromatic heterocycles. The van der Waals surface area contributed by atoms with Crippen LogP contribution in [0.1, 0.15) is 18.2 Å². The van der Waals surface area contributed by atoms with Crippen LogP contribution in [0.15, 0.2) is 53.1 Å². The number of hydrogen-bond acceptors (Lipinski definition) is 4. The van der Waals surface area contributed by atoms with E-state index in [1.165, 1.54) is 0 Å². The molecule has 1 heterocycles. The second-order valence-electron chi connectivity index (χ2n) is 4.99. The SMILES string of the molecule is CC(Cl)C(=O)Oc1ccc2c(Cc3ccccc3)noc2c1. The zero-order valence-electron chi connectivity index (χ0n) is 12.0. The van der Waals surface area contributed by atoms with Crippen molar-refractivity contribution in [1.82, 2.24) is 5.16 Å². The number of nitrogens with zero attached hydrogens (tertiary/aromatic N) is 1. The average Bonchev–Trinajstić information content (AvgIpc) is 2.90. The molecule has 0 radical (unpaired) electrons. The van der Waals surface area contributed by atoms with Crippen LogP contribution in [-0.4, -0.2) is 16.5 Å². The van der Waals surface area contributed by atoms with Crippen LogP contribution in [-0.2, 0) is 11.2 Å². The van der Waals surface area contributed by atoms with Gasteiger partial charge in [-0.2, -0.15) is 0 Å². The lowest BCUT2D eigenvalue weighted by Gasteiger charge is -2.04. The largest absolute Gasteiger partial charge is 0.425 e. The maximum Gasteiger partial charge on any atom is 0.329 e. The van der Waals surface area contributed by atoms with E-state index in [1.54, 1.807) is 19.1 Å². The lowest BCUT2D eigenvalue weighted by atomic mass is 10.1. The van der Waals surface area contributed by atoms with Gasteiger partial charge < -0.3 is 9.26 Å². The lowest BCUT2D eigenvalue weighted by Crippen LogP contribution is -2.17. The third-order valence-electron chi connectivity index (χ3n) is 3.28. The van der Waals surface area contributed by atoms with Crippen LogP contribution in [0.2, 0.25) is 0 Å². The number of ether oxygens (including phenoxy) is 1. The summed E-state index contributed by atoms with van der Waals surface area (Å²) in [5.41, 5.74) is 2.59. The zero-order chi connectivity index (χ0) is 15.5. The molecule has 0 saturated carbocycles. The smallest absolute Gasteiger partial charge is 0.329 e. The summed E-state index contributed by atoms with van der Waals surface area (Å²) >= 11 is 5.68.